The number of benzene rings is 1. The molecule has 0 spiro atoms. The van der Waals surface area contributed by atoms with E-state index in [0.29, 0.717) is 34.0 Å². The Morgan fingerprint density at radius 3 is 2.72 bits per heavy atom. The molecule has 0 bridgehead atoms. The van der Waals surface area contributed by atoms with Crippen LogP contribution >= 0.6 is 22.9 Å². The highest BCUT2D eigenvalue weighted by atomic mass is 35.5. The van der Waals surface area contributed by atoms with Gasteiger partial charge in [0.2, 0.25) is 5.69 Å². The van der Waals surface area contributed by atoms with Crippen molar-refractivity contribution in [2.45, 2.75) is 25.3 Å². The number of carbonyl (C=O) groups excluding carboxylic acids is 1. The molecular formula is C25H19ClF2N8O2S. The van der Waals surface area contributed by atoms with Gasteiger partial charge < -0.3 is 10.9 Å². The van der Waals surface area contributed by atoms with Gasteiger partial charge in [0.05, 0.1) is 28.0 Å². The number of hydrogen-bond acceptors (Lipinski definition) is 7. The molecule has 5 aromatic rings. The summed E-state index contributed by atoms with van der Waals surface area (Å²) in [5, 5.41) is 30.3. The Kier molecular flexibility index (Phi) is 6.31. The molecule has 39 heavy (non-hydrogen) atoms. The summed E-state index contributed by atoms with van der Waals surface area (Å²) in [5.41, 5.74) is 6.97. The summed E-state index contributed by atoms with van der Waals surface area (Å²) in [4.78, 5) is 11.3. The van der Waals surface area contributed by atoms with Gasteiger partial charge in [-0.3, -0.25) is 9.48 Å². The minimum Gasteiger partial charge on any atom is -0.618 e. The first-order valence-corrected chi connectivity index (χ1v) is 13.1. The summed E-state index contributed by atoms with van der Waals surface area (Å²) >= 11 is 6.98. The third-order valence-electron chi connectivity index (χ3n) is 6.68. The van der Waals surface area contributed by atoms with Crippen LogP contribution in [-0.4, -0.2) is 35.9 Å². The van der Waals surface area contributed by atoms with Crippen LogP contribution in [0.15, 0.2) is 54.6 Å². The first kappa shape index (κ1) is 25.1. The summed E-state index contributed by atoms with van der Waals surface area (Å²) in [7, 11) is 0. The number of primary amides is 1. The Morgan fingerprint density at radius 2 is 2.05 bits per heavy atom. The fraction of sp³-hybridized carbons (Fsp3) is 0.200. The molecule has 1 fully saturated rings. The summed E-state index contributed by atoms with van der Waals surface area (Å²) in [6, 6.07) is 5.75. The van der Waals surface area contributed by atoms with Gasteiger partial charge in [0, 0.05) is 28.8 Å². The number of tetrazole rings is 1. The van der Waals surface area contributed by atoms with Gasteiger partial charge in [-0.15, -0.1) is 16.4 Å². The van der Waals surface area contributed by atoms with Gasteiger partial charge in [-0.25, -0.2) is 8.78 Å². The zero-order chi connectivity index (χ0) is 27.3. The Bertz CT molecular complexity index is 1700. The molecule has 1 amide bonds. The zero-order valence-corrected chi connectivity index (χ0v) is 21.6. The van der Waals surface area contributed by atoms with E-state index in [9.17, 15) is 14.4 Å². The molecule has 198 valence electrons. The first-order valence-electron chi connectivity index (χ1n) is 11.9. The van der Waals surface area contributed by atoms with Crippen LogP contribution in [0.5, 0.6) is 0 Å². The third kappa shape index (κ3) is 4.63. The van der Waals surface area contributed by atoms with E-state index < -0.39 is 23.6 Å². The topological polar surface area (TPSA) is 131 Å². The smallest absolute Gasteiger partial charge is 0.261 e. The highest BCUT2D eigenvalue weighted by Gasteiger charge is 2.33. The number of halogens is 3. The third-order valence-corrected chi connectivity index (χ3v) is 7.94. The highest BCUT2D eigenvalue weighted by molar-refractivity contribution is 7.12. The van der Waals surface area contributed by atoms with E-state index >= 15 is 4.39 Å². The minimum absolute atomic E-state index is 0.0734. The number of aromatic nitrogens is 7. The molecule has 0 radical (unpaired) electrons. The molecule has 4 heterocycles. The maximum atomic E-state index is 15.2. The van der Waals surface area contributed by atoms with Crippen LogP contribution in [0.2, 0.25) is 5.02 Å². The predicted molar refractivity (Wildman–Crippen MR) is 138 cm³/mol. The Hall–Kier alpha value is -4.23. The number of hydrogen-bond donors (Lipinski definition) is 1. The van der Waals surface area contributed by atoms with E-state index in [1.807, 2.05) is 0 Å². The van der Waals surface area contributed by atoms with E-state index in [4.69, 9.17) is 17.3 Å². The Morgan fingerprint density at radius 1 is 1.23 bits per heavy atom. The molecule has 2 N–H and O–H groups in total. The van der Waals surface area contributed by atoms with Crippen LogP contribution in [0.4, 0.5) is 8.78 Å². The molecule has 1 aliphatic carbocycles. The summed E-state index contributed by atoms with van der Waals surface area (Å²) in [6.07, 6.45) is 8.43. The van der Waals surface area contributed by atoms with Gasteiger partial charge in [-0.2, -0.15) is 14.5 Å². The standard InChI is InChI=1S/C25H19ClF2N8O2S/c26-17-4-6-19(35-12-30-32-33-35)21(23(17)28)14-3-5-18(36(38)10-14)20(7-13-1-2-13)34-9-15(8-31-34)16-11-39-24(22(16)27)25(29)37/h3-6,8-13,20H,1-2,7H2,(H2,29,37)/t20-/m0/s1. The van der Waals surface area contributed by atoms with E-state index in [1.165, 1.54) is 34.8 Å². The number of carbonyl (C=O) groups is 1. The second-order valence-electron chi connectivity index (χ2n) is 9.24. The summed E-state index contributed by atoms with van der Waals surface area (Å²) < 4.78 is 33.6. The number of pyridine rings is 1. The maximum absolute atomic E-state index is 15.2. The monoisotopic (exact) mass is 568 g/mol. The number of rotatable bonds is 8. The van der Waals surface area contributed by atoms with Crippen LogP contribution in [0.3, 0.4) is 0 Å². The van der Waals surface area contributed by atoms with Crippen molar-refractivity contribution < 1.29 is 18.3 Å². The van der Waals surface area contributed by atoms with Crippen molar-refractivity contribution in [3.05, 3.63) is 87.0 Å². The van der Waals surface area contributed by atoms with Crippen molar-refractivity contribution in [3.8, 4) is 27.9 Å². The van der Waals surface area contributed by atoms with Crippen LogP contribution in [0.1, 0.15) is 40.7 Å². The molecule has 0 unspecified atom stereocenters. The van der Waals surface area contributed by atoms with Gasteiger partial charge in [0.25, 0.3) is 5.91 Å². The largest absolute Gasteiger partial charge is 0.618 e. The molecule has 0 aliphatic heterocycles. The number of thiophene rings is 1. The number of amides is 1. The minimum atomic E-state index is -0.838. The molecule has 1 saturated carbocycles. The van der Waals surface area contributed by atoms with Gasteiger partial charge in [0.15, 0.2) is 17.8 Å². The average Bonchev–Trinajstić information content (AvgIpc) is 3.27. The molecule has 10 nitrogen and oxygen atoms in total. The van der Waals surface area contributed by atoms with E-state index in [0.717, 1.165) is 24.2 Å². The second-order valence-corrected chi connectivity index (χ2v) is 10.5. The lowest BCUT2D eigenvalue weighted by molar-refractivity contribution is -0.615. The lowest BCUT2D eigenvalue weighted by atomic mass is 10.0. The first-order chi connectivity index (χ1) is 18.8. The van der Waals surface area contributed by atoms with E-state index in [1.54, 1.807) is 29.1 Å². The van der Waals surface area contributed by atoms with Crippen molar-refractivity contribution in [2.24, 2.45) is 11.7 Å². The van der Waals surface area contributed by atoms with Gasteiger partial charge in [-0.05, 0) is 41.0 Å². The summed E-state index contributed by atoms with van der Waals surface area (Å²) in [5.74, 6) is -1.83. The molecule has 1 atom stereocenters. The van der Waals surface area contributed by atoms with Crippen molar-refractivity contribution in [1.29, 1.82) is 0 Å². The molecule has 4 aromatic heterocycles. The lowest BCUT2D eigenvalue weighted by Gasteiger charge is -2.18. The zero-order valence-electron chi connectivity index (χ0n) is 20.0. The van der Waals surface area contributed by atoms with Crippen molar-refractivity contribution in [3.63, 3.8) is 0 Å². The maximum Gasteiger partial charge on any atom is 0.261 e. The fourth-order valence-corrected chi connectivity index (χ4v) is 5.52. The van der Waals surface area contributed by atoms with Gasteiger partial charge in [-0.1, -0.05) is 24.4 Å². The van der Waals surface area contributed by atoms with Crippen LogP contribution in [0.25, 0.3) is 27.9 Å². The molecule has 1 aromatic carbocycles. The van der Waals surface area contributed by atoms with Crippen molar-refractivity contribution in [1.82, 2.24) is 30.0 Å². The fourth-order valence-electron chi connectivity index (χ4n) is 4.56. The van der Waals surface area contributed by atoms with Crippen molar-refractivity contribution in [2.75, 3.05) is 0 Å². The predicted octanol–water partition coefficient (Wildman–Crippen LogP) is 4.31. The van der Waals surface area contributed by atoms with E-state index in [2.05, 4.69) is 20.6 Å². The molecule has 14 heteroatoms. The van der Waals surface area contributed by atoms with Crippen LogP contribution < -0.4 is 10.5 Å². The Balaban J connectivity index is 1.39. The normalized spacial score (nSPS) is 14.0. The molecule has 1 aliphatic rings. The Labute approximate surface area is 228 Å². The molecule has 6 rings (SSSR count). The highest BCUT2D eigenvalue weighted by Crippen LogP contribution is 2.40. The number of nitrogens with two attached hydrogens (primary N) is 1. The van der Waals surface area contributed by atoms with Crippen LogP contribution in [0, 0.1) is 22.8 Å². The van der Waals surface area contributed by atoms with Gasteiger partial charge >= 0.3 is 0 Å². The summed E-state index contributed by atoms with van der Waals surface area (Å²) in [6.45, 7) is 0. The van der Waals surface area contributed by atoms with Gasteiger partial charge in [0.1, 0.15) is 17.2 Å². The van der Waals surface area contributed by atoms with Crippen molar-refractivity contribution >= 4 is 28.8 Å². The van der Waals surface area contributed by atoms with E-state index in [-0.39, 0.29) is 26.6 Å². The SMILES string of the molecule is NC(=O)c1scc(-c2cnn([C@@H](CC3CC3)c3ccc(-c4c(-n5cnnn5)ccc(Cl)c4F)c[n+]3[O-])c2)c1F. The molecular weight excluding hydrogens is 550 g/mol. The quantitative estimate of drug-likeness (QED) is 0.219. The second kappa shape index (κ2) is 9.82. The number of nitrogens with zero attached hydrogens (tertiary/aromatic N) is 7. The lowest BCUT2D eigenvalue weighted by Crippen LogP contribution is -2.35. The van der Waals surface area contributed by atoms with Crippen LogP contribution in [-0.2, 0) is 0 Å². The molecule has 0 saturated heterocycles. The average molecular weight is 569 g/mol.